The van der Waals surface area contributed by atoms with Crippen LogP contribution in [0.3, 0.4) is 0 Å². The molecule has 1 heterocycles. The Morgan fingerprint density at radius 2 is 2.00 bits per heavy atom. The zero-order valence-electron chi connectivity index (χ0n) is 12.3. The molecule has 110 valence electrons. The number of aryl methyl sites for hydroxylation is 1. The SMILES string of the molecule is CCN(Cc1ccccc1)C(=O)c1noc2c1CCCC2. The first-order chi connectivity index (χ1) is 10.3. The number of fused-ring (bicyclic) bond motifs is 1. The first-order valence-corrected chi connectivity index (χ1v) is 7.60. The van der Waals surface area contributed by atoms with Crippen LogP contribution in [0.5, 0.6) is 0 Å². The number of carbonyl (C=O) groups is 1. The van der Waals surface area contributed by atoms with Crippen LogP contribution >= 0.6 is 0 Å². The van der Waals surface area contributed by atoms with Gasteiger partial charge in [0.2, 0.25) is 0 Å². The summed E-state index contributed by atoms with van der Waals surface area (Å²) in [5.41, 5.74) is 2.67. The maximum absolute atomic E-state index is 12.7. The summed E-state index contributed by atoms with van der Waals surface area (Å²) in [5.74, 6) is 0.883. The minimum absolute atomic E-state index is 0.0201. The lowest BCUT2D eigenvalue weighted by atomic mass is 9.96. The molecule has 0 radical (unpaired) electrons. The summed E-state index contributed by atoms with van der Waals surface area (Å²) >= 11 is 0. The molecule has 1 aromatic heterocycles. The molecule has 2 aromatic rings. The Hall–Kier alpha value is -2.10. The second-order valence-corrected chi connectivity index (χ2v) is 5.44. The molecule has 3 rings (SSSR count). The molecule has 0 bridgehead atoms. The summed E-state index contributed by atoms with van der Waals surface area (Å²) < 4.78 is 5.36. The second-order valence-electron chi connectivity index (χ2n) is 5.44. The minimum atomic E-state index is -0.0201. The van der Waals surface area contributed by atoms with E-state index < -0.39 is 0 Å². The van der Waals surface area contributed by atoms with Crippen molar-refractivity contribution in [1.29, 1.82) is 0 Å². The van der Waals surface area contributed by atoms with Crippen LogP contribution < -0.4 is 0 Å². The molecular weight excluding hydrogens is 264 g/mol. The summed E-state index contributed by atoms with van der Waals surface area (Å²) in [4.78, 5) is 14.5. The monoisotopic (exact) mass is 284 g/mol. The Kier molecular flexibility index (Phi) is 4.04. The molecule has 1 aliphatic rings. The van der Waals surface area contributed by atoms with Gasteiger partial charge in [-0.1, -0.05) is 35.5 Å². The lowest BCUT2D eigenvalue weighted by Gasteiger charge is -2.20. The van der Waals surface area contributed by atoms with Crippen LogP contribution in [0.2, 0.25) is 0 Å². The third-order valence-electron chi connectivity index (χ3n) is 4.04. The van der Waals surface area contributed by atoms with Gasteiger partial charge < -0.3 is 9.42 Å². The number of nitrogens with zero attached hydrogens (tertiary/aromatic N) is 2. The predicted molar refractivity (Wildman–Crippen MR) is 80.0 cm³/mol. The van der Waals surface area contributed by atoms with Crippen LogP contribution in [0, 0.1) is 0 Å². The molecule has 0 saturated carbocycles. The van der Waals surface area contributed by atoms with Gasteiger partial charge in [0.15, 0.2) is 5.69 Å². The third-order valence-corrected chi connectivity index (χ3v) is 4.04. The van der Waals surface area contributed by atoms with E-state index in [-0.39, 0.29) is 5.91 Å². The molecule has 0 unspecified atom stereocenters. The van der Waals surface area contributed by atoms with Crippen molar-refractivity contribution in [3.8, 4) is 0 Å². The Morgan fingerprint density at radius 1 is 1.24 bits per heavy atom. The van der Waals surface area contributed by atoms with Crippen LogP contribution in [0.15, 0.2) is 34.9 Å². The van der Waals surface area contributed by atoms with Crippen LogP contribution in [0.25, 0.3) is 0 Å². The Balaban J connectivity index is 1.81. The summed E-state index contributed by atoms with van der Waals surface area (Å²) in [7, 11) is 0. The van der Waals surface area contributed by atoms with Crippen molar-refractivity contribution in [2.45, 2.75) is 39.2 Å². The number of hydrogen-bond donors (Lipinski definition) is 0. The number of amides is 1. The highest BCUT2D eigenvalue weighted by atomic mass is 16.5. The smallest absolute Gasteiger partial charge is 0.276 e. The summed E-state index contributed by atoms with van der Waals surface area (Å²) in [5, 5.41) is 4.04. The molecule has 0 spiro atoms. The molecule has 0 N–H and O–H groups in total. The summed E-state index contributed by atoms with van der Waals surface area (Å²) in [6, 6.07) is 10.0. The van der Waals surface area contributed by atoms with Crippen molar-refractivity contribution < 1.29 is 9.32 Å². The number of aromatic nitrogens is 1. The normalized spacial score (nSPS) is 13.8. The van der Waals surface area contributed by atoms with Gasteiger partial charge in [-0.2, -0.15) is 0 Å². The number of benzene rings is 1. The van der Waals surface area contributed by atoms with Gasteiger partial charge in [-0.3, -0.25) is 4.79 Å². The molecule has 0 aliphatic heterocycles. The van der Waals surface area contributed by atoms with Crippen molar-refractivity contribution in [2.24, 2.45) is 0 Å². The van der Waals surface area contributed by atoms with E-state index in [0.717, 1.165) is 42.6 Å². The summed E-state index contributed by atoms with van der Waals surface area (Å²) in [6.45, 7) is 3.26. The lowest BCUT2D eigenvalue weighted by Crippen LogP contribution is -2.31. The number of carbonyl (C=O) groups excluding carboxylic acids is 1. The highest BCUT2D eigenvalue weighted by Gasteiger charge is 2.26. The van der Waals surface area contributed by atoms with Crippen LogP contribution in [-0.4, -0.2) is 22.5 Å². The predicted octanol–water partition coefficient (Wildman–Crippen LogP) is 3.22. The van der Waals surface area contributed by atoms with Crippen molar-refractivity contribution >= 4 is 5.91 Å². The number of rotatable bonds is 4. The molecule has 1 amide bonds. The third kappa shape index (κ3) is 2.84. The largest absolute Gasteiger partial charge is 0.360 e. The van der Waals surface area contributed by atoms with Crippen molar-refractivity contribution in [3.05, 3.63) is 52.9 Å². The average Bonchev–Trinajstić information content (AvgIpc) is 2.97. The fourth-order valence-corrected chi connectivity index (χ4v) is 2.83. The maximum atomic E-state index is 12.7. The van der Waals surface area contributed by atoms with Gasteiger partial charge in [-0.05, 0) is 31.7 Å². The fraction of sp³-hybridized carbons (Fsp3) is 0.412. The maximum Gasteiger partial charge on any atom is 0.276 e. The average molecular weight is 284 g/mol. The van der Waals surface area contributed by atoms with Gasteiger partial charge >= 0.3 is 0 Å². The van der Waals surface area contributed by atoms with E-state index in [0.29, 0.717) is 18.8 Å². The topological polar surface area (TPSA) is 46.3 Å². The van der Waals surface area contributed by atoms with Gasteiger partial charge in [-0.25, -0.2) is 0 Å². The summed E-state index contributed by atoms with van der Waals surface area (Å²) in [6.07, 6.45) is 4.04. The fourth-order valence-electron chi connectivity index (χ4n) is 2.83. The van der Waals surface area contributed by atoms with E-state index in [1.54, 1.807) is 0 Å². The molecule has 21 heavy (non-hydrogen) atoms. The molecule has 0 atom stereocenters. The first kappa shape index (κ1) is 13.9. The first-order valence-electron chi connectivity index (χ1n) is 7.60. The van der Waals surface area contributed by atoms with E-state index in [1.807, 2.05) is 42.2 Å². The Morgan fingerprint density at radius 3 is 2.76 bits per heavy atom. The van der Waals surface area contributed by atoms with Crippen molar-refractivity contribution in [1.82, 2.24) is 10.1 Å². The number of hydrogen-bond acceptors (Lipinski definition) is 3. The molecule has 1 aliphatic carbocycles. The van der Waals surface area contributed by atoms with Gasteiger partial charge in [0.05, 0.1) is 0 Å². The van der Waals surface area contributed by atoms with Crippen LogP contribution in [0.1, 0.15) is 47.1 Å². The van der Waals surface area contributed by atoms with E-state index in [1.165, 1.54) is 0 Å². The van der Waals surface area contributed by atoms with E-state index >= 15 is 0 Å². The minimum Gasteiger partial charge on any atom is -0.360 e. The Bertz CT molecular complexity index is 619. The molecule has 4 heteroatoms. The van der Waals surface area contributed by atoms with Crippen molar-refractivity contribution in [2.75, 3.05) is 6.54 Å². The molecule has 0 fully saturated rings. The Labute approximate surface area is 124 Å². The zero-order valence-corrected chi connectivity index (χ0v) is 12.3. The van der Waals surface area contributed by atoms with Gasteiger partial charge in [0, 0.05) is 25.1 Å². The quantitative estimate of drug-likeness (QED) is 0.866. The highest BCUT2D eigenvalue weighted by Crippen LogP contribution is 2.25. The van der Waals surface area contributed by atoms with Gasteiger partial charge in [-0.15, -0.1) is 0 Å². The molecule has 0 saturated heterocycles. The molecular formula is C17H20N2O2. The van der Waals surface area contributed by atoms with E-state index in [9.17, 15) is 4.79 Å². The second kappa shape index (κ2) is 6.12. The zero-order chi connectivity index (χ0) is 14.7. The molecule has 4 nitrogen and oxygen atoms in total. The van der Waals surface area contributed by atoms with Gasteiger partial charge in [0.1, 0.15) is 5.76 Å². The van der Waals surface area contributed by atoms with Crippen LogP contribution in [0.4, 0.5) is 0 Å². The molecule has 1 aromatic carbocycles. The van der Waals surface area contributed by atoms with Crippen LogP contribution in [-0.2, 0) is 19.4 Å². The lowest BCUT2D eigenvalue weighted by molar-refractivity contribution is 0.0741. The standard InChI is InChI=1S/C17H20N2O2/c1-2-19(12-13-8-4-3-5-9-13)17(20)16-14-10-6-7-11-15(14)21-18-16/h3-5,8-9H,2,6-7,10-12H2,1H3. The highest BCUT2D eigenvalue weighted by molar-refractivity contribution is 5.93. The van der Waals surface area contributed by atoms with Gasteiger partial charge in [0.25, 0.3) is 5.91 Å². The van der Waals surface area contributed by atoms with E-state index in [4.69, 9.17) is 4.52 Å². The van der Waals surface area contributed by atoms with Crippen molar-refractivity contribution in [3.63, 3.8) is 0 Å². The van der Waals surface area contributed by atoms with E-state index in [2.05, 4.69) is 5.16 Å².